The van der Waals surface area contributed by atoms with Crippen LogP contribution in [0.4, 0.5) is 4.79 Å². The highest BCUT2D eigenvalue weighted by molar-refractivity contribution is 6.30. The van der Waals surface area contributed by atoms with Crippen LogP contribution in [-0.2, 0) is 17.7 Å². The third kappa shape index (κ3) is 4.54. The average Bonchev–Trinajstić information content (AvgIpc) is 3.36. The van der Waals surface area contributed by atoms with E-state index in [9.17, 15) is 9.59 Å². The van der Waals surface area contributed by atoms with Crippen molar-refractivity contribution >= 4 is 23.6 Å². The molecule has 1 atom stereocenters. The molecule has 1 saturated carbocycles. The highest BCUT2D eigenvalue weighted by Gasteiger charge is 2.36. The number of hydrogen-bond donors (Lipinski definition) is 0. The largest absolute Gasteiger partial charge is 0.444 e. The van der Waals surface area contributed by atoms with E-state index in [0.29, 0.717) is 36.3 Å². The summed E-state index contributed by atoms with van der Waals surface area (Å²) in [6, 6.07) is 4.32. The van der Waals surface area contributed by atoms with Gasteiger partial charge < -0.3 is 14.5 Å². The molecule has 1 aliphatic carbocycles. The average molecular weight is 485 g/mol. The van der Waals surface area contributed by atoms with Gasteiger partial charge in [0.15, 0.2) is 0 Å². The van der Waals surface area contributed by atoms with Gasteiger partial charge in [0.05, 0.1) is 23.3 Å². The second kappa shape index (κ2) is 8.59. The van der Waals surface area contributed by atoms with Crippen LogP contribution in [0.25, 0.3) is 0 Å². The van der Waals surface area contributed by atoms with E-state index in [4.69, 9.17) is 16.3 Å². The van der Waals surface area contributed by atoms with Crippen molar-refractivity contribution in [2.24, 2.45) is 0 Å². The summed E-state index contributed by atoms with van der Waals surface area (Å²) in [6.07, 6.45) is 6.38. The van der Waals surface area contributed by atoms with E-state index in [1.807, 2.05) is 60.5 Å². The van der Waals surface area contributed by atoms with E-state index < -0.39 is 5.60 Å². The Hall–Kier alpha value is -2.54. The molecule has 1 unspecified atom stereocenters. The number of nitrogens with zero attached hydrogens (tertiary/aromatic N) is 4. The van der Waals surface area contributed by atoms with Crippen LogP contribution < -0.4 is 0 Å². The molecule has 2 aliphatic heterocycles. The Labute approximate surface area is 206 Å². The first kappa shape index (κ1) is 23.2. The van der Waals surface area contributed by atoms with E-state index >= 15 is 0 Å². The van der Waals surface area contributed by atoms with Gasteiger partial charge in [-0.25, -0.2) is 4.79 Å². The van der Waals surface area contributed by atoms with Crippen molar-refractivity contribution in [2.45, 2.75) is 84.0 Å². The molecule has 1 saturated heterocycles. The van der Waals surface area contributed by atoms with Gasteiger partial charge >= 0.3 is 6.09 Å². The van der Waals surface area contributed by atoms with Gasteiger partial charge in [-0.1, -0.05) is 11.6 Å². The standard InChI is InChI=1S/C26H33ClN4O3/c1-16-21(15-31(28-16)19-7-8-19)24(32)29-11-9-17-12-18(27)13-20(22(17)14-29)23-6-5-10-30(23)25(33)34-26(2,3)4/h12-13,15,19,23H,5-11,14H2,1-4H3. The molecule has 0 radical (unpaired) electrons. The molecule has 3 heterocycles. The summed E-state index contributed by atoms with van der Waals surface area (Å²) in [5.41, 5.74) is 4.22. The Balaban J connectivity index is 1.42. The molecular weight excluding hydrogens is 452 g/mol. The lowest BCUT2D eigenvalue weighted by Gasteiger charge is -2.34. The van der Waals surface area contributed by atoms with E-state index in [-0.39, 0.29) is 18.0 Å². The van der Waals surface area contributed by atoms with Gasteiger partial charge in [0, 0.05) is 30.9 Å². The first-order valence-electron chi connectivity index (χ1n) is 12.3. The predicted molar refractivity (Wildman–Crippen MR) is 130 cm³/mol. The van der Waals surface area contributed by atoms with Crippen LogP contribution in [-0.4, -0.2) is 50.3 Å². The lowest BCUT2D eigenvalue weighted by atomic mass is 9.90. The fourth-order valence-corrected chi connectivity index (χ4v) is 5.39. The van der Waals surface area contributed by atoms with Crippen LogP contribution in [0.5, 0.6) is 0 Å². The van der Waals surface area contributed by atoms with Crippen molar-refractivity contribution < 1.29 is 14.3 Å². The number of halogens is 1. The lowest BCUT2D eigenvalue weighted by molar-refractivity contribution is 0.0222. The zero-order valence-corrected chi connectivity index (χ0v) is 21.2. The number of aryl methyl sites for hydroxylation is 1. The van der Waals surface area contributed by atoms with Crippen molar-refractivity contribution in [1.82, 2.24) is 19.6 Å². The molecule has 1 aromatic carbocycles. The molecule has 3 aliphatic rings. The fourth-order valence-electron chi connectivity index (χ4n) is 5.15. The van der Waals surface area contributed by atoms with Crippen LogP contribution in [0.3, 0.4) is 0 Å². The molecule has 0 bridgehead atoms. The number of fused-ring (bicyclic) bond motifs is 1. The summed E-state index contributed by atoms with van der Waals surface area (Å²) in [6.45, 7) is 9.36. The SMILES string of the molecule is Cc1nn(C2CC2)cc1C(=O)N1CCc2cc(Cl)cc(C3CCCN3C(=O)OC(C)(C)C)c2C1. The van der Waals surface area contributed by atoms with E-state index in [0.717, 1.165) is 54.5 Å². The minimum atomic E-state index is -0.552. The van der Waals surface area contributed by atoms with Crippen molar-refractivity contribution in [3.05, 3.63) is 51.3 Å². The van der Waals surface area contributed by atoms with Gasteiger partial charge in [-0.05, 0) is 88.6 Å². The molecule has 7 nitrogen and oxygen atoms in total. The van der Waals surface area contributed by atoms with Crippen molar-refractivity contribution in [1.29, 1.82) is 0 Å². The minimum Gasteiger partial charge on any atom is -0.444 e. The van der Waals surface area contributed by atoms with E-state index in [1.165, 1.54) is 0 Å². The monoisotopic (exact) mass is 484 g/mol. The normalized spacial score (nSPS) is 20.4. The second-order valence-electron chi connectivity index (χ2n) is 10.8. The highest BCUT2D eigenvalue weighted by Crippen LogP contribution is 2.40. The van der Waals surface area contributed by atoms with Crippen LogP contribution >= 0.6 is 11.6 Å². The minimum absolute atomic E-state index is 0.0198. The molecule has 1 aromatic heterocycles. The number of likely N-dealkylation sites (tertiary alicyclic amines) is 1. The van der Waals surface area contributed by atoms with Crippen LogP contribution in [0.2, 0.25) is 5.02 Å². The van der Waals surface area contributed by atoms with Gasteiger partial charge in [-0.3, -0.25) is 9.48 Å². The number of aromatic nitrogens is 2. The van der Waals surface area contributed by atoms with Crippen molar-refractivity contribution in [2.75, 3.05) is 13.1 Å². The molecule has 0 spiro atoms. The third-order valence-electron chi connectivity index (χ3n) is 6.94. The molecule has 5 rings (SSSR count). The molecule has 2 fully saturated rings. The molecule has 8 heteroatoms. The maximum atomic E-state index is 13.5. The van der Waals surface area contributed by atoms with Gasteiger partial charge in [0.25, 0.3) is 5.91 Å². The highest BCUT2D eigenvalue weighted by atomic mass is 35.5. The van der Waals surface area contributed by atoms with E-state index in [1.54, 1.807) is 0 Å². The quantitative estimate of drug-likeness (QED) is 0.581. The van der Waals surface area contributed by atoms with Crippen molar-refractivity contribution in [3.63, 3.8) is 0 Å². The predicted octanol–water partition coefficient (Wildman–Crippen LogP) is 5.45. The lowest BCUT2D eigenvalue weighted by Crippen LogP contribution is -2.39. The van der Waals surface area contributed by atoms with Gasteiger partial charge in [-0.15, -0.1) is 0 Å². The number of carbonyl (C=O) groups excluding carboxylic acids is 2. The van der Waals surface area contributed by atoms with Gasteiger partial charge in [-0.2, -0.15) is 5.10 Å². The summed E-state index contributed by atoms with van der Waals surface area (Å²) in [4.78, 5) is 30.2. The molecule has 182 valence electrons. The fraction of sp³-hybridized carbons (Fsp3) is 0.577. The summed E-state index contributed by atoms with van der Waals surface area (Å²) in [5, 5.41) is 5.25. The summed E-state index contributed by atoms with van der Waals surface area (Å²) in [5.74, 6) is 0.0198. The number of rotatable bonds is 3. The number of benzene rings is 1. The van der Waals surface area contributed by atoms with Crippen LogP contribution in [0.1, 0.15) is 91.3 Å². The van der Waals surface area contributed by atoms with Crippen molar-refractivity contribution in [3.8, 4) is 0 Å². The Morgan fingerprint density at radius 3 is 2.62 bits per heavy atom. The number of carbonyl (C=O) groups is 2. The number of amides is 2. The number of hydrogen-bond acceptors (Lipinski definition) is 4. The van der Waals surface area contributed by atoms with E-state index in [2.05, 4.69) is 5.10 Å². The first-order valence-corrected chi connectivity index (χ1v) is 12.6. The Morgan fingerprint density at radius 1 is 1.15 bits per heavy atom. The van der Waals surface area contributed by atoms with Gasteiger partial charge in [0.2, 0.25) is 0 Å². The zero-order valence-electron chi connectivity index (χ0n) is 20.4. The maximum Gasteiger partial charge on any atom is 0.410 e. The topological polar surface area (TPSA) is 67.7 Å². The third-order valence-corrected chi connectivity index (χ3v) is 7.15. The molecule has 34 heavy (non-hydrogen) atoms. The Kier molecular flexibility index (Phi) is 5.87. The van der Waals surface area contributed by atoms with Crippen LogP contribution in [0.15, 0.2) is 18.3 Å². The molecular formula is C26H33ClN4O3. The summed E-state index contributed by atoms with van der Waals surface area (Å²) < 4.78 is 7.63. The Bertz CT molecular complexity index is 1130. The maximum absolute atomic E-state index is 13.5. The molecule has 2 amide bonds. The smallest absolute Gasteiger partial charge is 0.410 e. The zero-order chi connectivity index (χ0) is 24.2. The molecule has 0 N–H and O–H groups in total. The van der Waals surface area contributed by atoms with Crippen LogP contribution in [0, 0.1) is 6.92 Å². The second-order valence-corrected chi connectivity index (χ2v) is 11.2. The number of ether oxygens (including phenoxy) is 1. The Morgan fingerprint density at radius 2 is 1.91 bits per heavy atom. The van der Waals surface area contributed by atoms with Gasteiger partial charge in [0.1, 0.15) is 5.60 Å². The first-order chi connectivity index (χ1) is 16.1. The summed E-state index contributed by atoms with van der Waals surface area (Å²) >= 11 is 6.52. The summed E-state index contributed by atoms with van der Waals surface area (Å²) in [7, 11) is 0. The molecule has 2 aromatic rings.